The molecule has 1 fully saturated rings. The Morgan fingerprint density at radius 3 is 2.28 bits per heavy atom. The molecule has 5 heteroatoms. The largest absolute Gasteiger partial charge is 0.497 e. The van der Waals surface area contributed by atoms with Gasteiger partial charge in [-0.25, -0.2) is 0 Å². The second-order valence-electron chi connectivity index (χ2n) is 7.56. The predicted octanol–water partition coefficient (Wildman–Crippen LogP) is 4.33. The Balaban J connectivity index is 1.51. The zero-order valence-electron chi connectivity index (χ0n) is 17.9. The summed E-state index contributed by atoms with van der Waals surface area (Å²) in [5.41, 5.74) is 3.12. The summed E-state index contributed by atoms with van der Waals surface area (Å²) in [6.45, 7) is 8.25. The Kier molecular flexibility index (Phi) is 7.39. The molecule has 0 spiro atoms. The van der Waals surface area contributed by atoms with Gasteiger partial charge in [0, 0.05) is 49.2 Å². The fourth-order valence-electron chi connectivity index (χ4n) is 3.91. The summed E-state index contributed by atoms with van der Waals surface area (Å²) in [6.07, 6.45) is 3.03. The van der Waals surface area contributed by atoms with Gasteiger partial charge in [0.2, 0.25) is 0 Å². The van der Waals surface area contributed by atoms with Crippen molar-refractivity contribution in [1.29, 1.82) is 0 Å². The lowest BCUT2D eigenvalue weighted by molar-refractivity contribution is 0.0931. The maximum atomic E-state index is 12.7. The van der Waals surface area contributed by atoms with Crippen molar-refractivity contribution >= 4 is 17.3 Å². The van der Waals surface area contributed by atoms with Crippen molar-refractivity contribution in [2.24, 2.45) is 0 Å². The molecule has 156 valence electrons. The van der Waals surface area contributed by atoms with E-state index in [0.717, 1.165) is 56.8 Å². The number of methoxy groups -OCH3 is 1. The number of piperidine rings is 1. The molecule has 1 amide bonds. The lowest BCUT2D eigenvalue weighted by Crippen LogP contribution is -2.44. The third-order valence-electron chi connectivity index (χ3n) is 5.64. The number of carbonyl (C=O) groups is 1. The summed E-state index contributed by atoms with van der Waals surface area (Å²) < 4.78 is 5.23. The Labute approximate surface area is 174 Å². The summed E-state index contributed by atoms with van der Waals surface area (Å²) in [4.78, 5) is 17.4. The van der Waals surface area contributed by atoms with Crippen LogP contribution in [0.25, 0.3) is 0 Å². The highest BCUT2D eigenvalue weighted by Crippen LogP contribution is 2.23. The van der Waals surface area contributed by atoms with Crippen LogP contribution in [0.1, 0.15) is 43.5 Å². The first kappa shape index (κ1) is 21.0. The van der Waals surface area contributed by atoms with Crippen LogP contribution in [-0.2, 0) is 0 Å². The van der Waals surface area contributed by atoms with Gasteiger partial charge in [-0.2, -0.15) is 0 Å². The number of anilines is 2. The number of rotatable bonds is 8. The number of hydrogen-bond donors (Lipinski definition) is 1. The van der Waals surface area contributed by atoms with Gasteiger partial charge in [-0.3, -0.25) is 4.79 Å². The summed E-state index contributed by atoms with van der Waals surface area (Å²) >= 11 is 0. The number of nitrogens with zero attached hydrogens (tertiary/aromatic N) is 2. The lowest BCUT2D eigenvalue weighted by Gasteiger charge is -2.34. The van der Waals surface area contributed by atoms with E-state index in [0.29, 0.717) is 0 Å². The number of ether oxygens (including phenoxy) is 1. The first-order valence-corrected chi connectivity index (χ1v) is 10.7. The van der Waals surface area contributed by atoms with Crippen molar-refractivity contribution in [2.75, 3.05) is 43.1 Å². The number of benzene rings is 2. The van der Waals surface area contributed by atoms with Crippen molar-refractivity contribution < 1.29 is 9.53 Å². The van der Waals surface area contributed by atoms with E-state index in [4.69, 9.17) is 4.74 Å². The summed E-state index contributed by atoms with van der Waals surface area (Å²) in [5.74, 6) is 0.900. The minimum Gasteiger partial charge on any atom is -0.497 e. The summed E-state index contributed by atoms with van der Waals surface area (Å²) in [7, 11) is 1.68. The van der Waals surface area contributed by atoms with Gasteiger partial charge in [0.25, 0.3) is 5.91 Å². The molecular formula is C24H33N3O2. The SMILES string of the molecule is CCCN(CC)c1ccc(C(=O)NC2CCN(c3ccc(OC)cc3)CC2)cc1. The van der Waals surface area contributed by atoms with Crippen LogP contribution in [0, 0.1) is 0 Å². The van der Waals surface area contributed by atoms with Crippen molar-refractivity contribution in [1.82, 2.24) is 5.32 Å². The zero-order chi connectivity index (χ0) is 20.6. The van der Waals surface area contributed by atoms with E-state index in [1.807, 2.05) is 24.3 Å². The standard InChI is InChI=1S/C24H33N3O2/c1-4-16-26(5-2)21-8-6-19(7-9-21)24(28)25-20-14-17-27(18-15-20)22-10-12-23(29-3)13-11-22/h6-13,20H,4-5,14-18H2,1-3H3,(H,25,28). The second-order valence-corrected chi connectivity index (χ2v) is 7.56. The Morgan fingerprint density at radius 1 is 1.07 bits per heavy atom. The molecule has 0 saturated carbocycles. The smallest absolute Gasteiger partial charge is 0.251 e. The van der Waals surface area contributed by atoms with Gasteiger partial charge in [-0.1, -0.05) is 6.92 Å². The summed E-state index contributed by atoms with van der Waals surface area (Å²) in [6, 6.07) is 16.4. The van der Waals surface area contributed by atoms with Crippen LogP contribution in [0.4, 0.5) is 11.4 Å². The molecule has 0 radical (unpaired) electrons. The molecular weight excluding hydrogens is 362 g/mol. The molecule has 0 atom stereocenters. The molecule has 3 rings (SSSR count). The van der Waals surface area contributed by atoms with E-state index in [1.165, 1.54) is 11.4 Å². The van der Waals surface area contributed by atoms with Crippen molar-refractivity contribution in [3.63, 3.8) is 0 Å². The zero-order valence-corrected chi connectivity index (χ0v) is 17.9. The van der Waals surface area contributed by atoms with Gasteiger partial charge in [0.15, 0.2) is 0 Å². The second kappa shape index (κ2) is 10.2. The maximum Gasteiger partial charge on any atom is 0.251 e. The molecule has 0 bridgehead atoms. The van der Waals surface area contributed by atoms with Crippen molar-refractivity contribution in [2.45, 2.75) is 39.2 Å². The maximum absolute atomic E-state index is 12.7. The Hall–Kier alpha value is -2.69. The molecule has 1 saturated heterocycles. The van der Waals surface area contributed by atoms with Gasteiger partial charge in [-0.15, -0.1) is 0 Å². The van der Waals surface area contributed by atoms with Crippen LogP contribution in [0.3, 0.4) is 0 Å². The van der Waals surface area contributed by atoms with Gasteiger partial charge in [0.1, 0.15) is 5.75 Å². The average Bonchev–Trinajstić information content (AvgIpc) is 2.78. The lowest BCUT2D eigenvalue weighted by atomic mass is 10.0. The number of amides is 1. The minimum atomic E-state index is 0.0259. The third kappa shape index (κ3) is 5.43. The number of nitrogens with one attached hydrogen (secondary N) is 1. The molecule has 29 heavy (non-hydrogen) atoms. The van der Waals surface area contributed by atoms with Crippen LogP contribution in [0.15, 0.2) is 48.5 Å². The van der Waals surface area contributed by atoms with E-state index in [2.05, 4.69) is 53.2 Å². The molecule has 0 aromatic heterocycles. The third-order valence-corrected chi connectivity index (χ3v) is 5.64. The summed E-state index contributed by atoms with van der Waals surface area (Å²) in [5, 5.41) is 3.21. The van der Waals surface area contributed by atoms with Gasteiger partial charge in [0.05, 0.1) is 7.11 Å². The number of hydrogen-bond acceptors (Lipinski definition) is 4. The van der Waals surface area contributed by atoms with E-state index in [9.17, 15) is 4.79 Å². The average molecular weight is 396 g/mol. The predicted molar refractivity (Wildman–Crippen MR) is 120 cm³/mol. The highest BCUT2D eigenvalue weighted by Gasteiger charge is 2.21. The van der Waals surface area contributed by atoms with E-state index in [-0.39, 0.29) is 11.9 Å². The van der Waals surface area contributed by atoms with E-state index < -0.39 is 0 Å². The monoisotopic (exact) mass is 395 g/mol. The molecule has 1 aliphatic rings. The van der Waals surface area contributed by atoms with Crippen LogP contribution >= 0.6 is 0 Å². The highest BCUT2D eigenvalue weighted by atomic mass is 16.5. The molecule has 0 unspecified atom stereocenters. The van der Waals surface area contributed by atoms with Gasteiger partial charge < -0.3 is 19.9 Å². The molecule has 2 aromatic rings. The van der Waals surface area contributed by atoms with Crippen LogP contribution in [0.5, 0.6) is 5.75 Å². The quantitative estimate of drug-likeness (QED) is 0.723. The van der Waals surface area contributed by atoms with Gasteiger partial charge >= 0.3 is 0 Å². The fourth-order valence-corrected chi connectivity index (χ4v) is 3.91. The van der Waals surface area contributed by atoms with Crippen LogP contribution < -0.4 is 19.9 Å². The molecule has 2 aromatic carbocycles. The van der Waals surface area contributed by atoms with Crippen molar-refractivity contribution in [3.05, 3.63) is 54.1 Å². The Morgan fingerprint density at radius 2 is 1.72 bits per heavy atom. The normalized spacial score (nSPS) is 14.5. The first-order chi connectivity index (χ1) is 14.1. The molecule has 0 aliphatic carbocycles. The van der Waals surface area contributed by atoms with Crippen molar-refractivity contribution in [3.8, 4) is 5.75 Å². The van der Waals surface area contributed by atoms with Gasteiger partial charge in [-0.05, 0) is 74.7 Å². The molecule has 5 nitrogen and oxygen atoms in total. The van der Waals surface area contributed by atoms with E-state index >= 15 is 0 Å². The molecule has 1 heterocycles. The molecule has 1 aliphatic heterocycles. The van der Waals surface area contributed by atoms with Crippen LogP contribution in [-0.4, -0.2) is 45.2 Å². The topological polar surface area (TPSA) is 44.8 Å². The van der Waals surface area contributed by atoms with Crippen LogP contribution in [0.2, 0.25) is 0 Å². The number of carbonyl (C=O) groups excluding carboxylic acids is 1. The first-order valence-electron chi connectivity index (χ1n) is 10.7. The Bertz CT molecular complexity index is 766. The fraction of sp³-hybridized carbons (Fsp3) is 0.458. The highest BCUT2D eigenvalue weighted by molar-refractivity contribution is 5.94. The van der Waals surface area contributed by atoms with E-state index in [1.54, 1.807) is 7.11 Å². The minimum absolute atomic E-state index is 0.0259. The molecule has 1 N–H and O–H groups in total.